The monoisotopic (exact) mass is 225 g/mol. The molecule has 1 rings (SSSR count). The molecule has 1 aromatic rings. The van der Waals surface area contributed by atoms with Gasteiger partial charge in [-0.3, -0.25) is 0 Å². The van der Waals surface area contributed by atoms with E-state index in [0.29, 0.717) is 13.0 Å². The van der Waals surface area contributed by atoms with Crippen molar-refractivity contribution in [3.05, 3.63) is 29.6 Å². The van der Waals surface area contributed by atoms with E-state index in [1.165, 1.54) is 6.07 Å². The minimum absolute atomic E-state index is 0.207. The number of likely N-dealkylation sites (N-methyl/N-ethyl adjacent to an activating group) is 1. The molecule has 0 aliphatic carbocycles. The van der Waals surface area contributed by atoms with Gasteiger partial charge in [0.2, 0.25) is 0 Å². The van der Waals surface area contributed by atoms with Gasteiger partial charge >= 0.3 is 0 Å². The van der Waals surface area contributed by atoms with Crippen LogP contribution in [-0.2, 0) is 6.42 Å². The maximum absolute atomic E-state index is 13.0. The van der Waals surface area contributed by atoms with E-state index < -0.39 is 0 Å². The second-order valence-electron chi connectivity index (χ2n) is 4.07. The largest absolute Gasteiger partial charge is 0.384 e. The van der Waals surface area contributed by atoms with Crippen LogP contribution in [0.3, 0.4) is 0 Å². The second kappa shape index (κ2) is 6.45. The zero-order chi connectivity index (χ0) is 12.0. The zero-order valence-corrected chi connectivity index (χ0v) is 9.96. The van der Waals surface area contributed by atoms with Gasteiger partial charge in [-0.05, 0) is 50.8 Å². The van der Waals surface area contributed by atoms with E-state index in [-0.39, 0.29) is 5.82 Å². The highest BCUT2D eigenvalue weighted by atomic mass is 19.1. The summed E-state index contributed by atoms with van der Waals surface area (Å²) in [4.78, 5) is 2.10. The highest BCUT2D eigenvalue weighted by Crippen LogP contribution is 2.17. The number of hydrogen-bond donors (Lipinski definition) is 2. The molecule has 0 aromatic heterocycles. The Morgan fingerprint density at radius 2 is 2.12 bits per heavy atom. The molecule has 16 heavy (non-hydrogen) atoms. The number of benzene rings is 1. The van der Waals surface area contributed by atoms with Crippen molar-refractivity contribution in [2.45, 2.75) is 6.42 Å². The van der Waals surface area contributed by atoms with Crippen molar-refractivity contribution in [1.82, 2.24) is 4.90 Å². The number of rotatable bonds is 6. The molecule has 0 bridgehead atoms. The molecule has 3 nitrogen and oxygen atoms in total. The third kappa shape index (κ3) is 4.16. The fraction of sp³-hybridized carbons (Fsp3) is 0.500. The maximum atomic E-state index is 13.0. The van der Waals surface area contributed by atoms with Gasteiger partial charge in [0, 0.05) is 18.8 Å². The van der Waals surface area contributed by atoms with Crippen LogP contribution in [0.2, 0.25) is 0 Å². The van der Waals surface area contributed by atoms with Crippen molar-refractivity contribution in [3.63, 3.8) is 0 Å². The van der Waals surface area contributed by atoms with Gasteiger partial charge in [-0.15, -0.1) is 0 Å². The topological polar surface area (TPSA) is 41.3 Å². The third-order valence-corrected chi connectivity index (χ3v) is 2.36. The van der Waals surface area contributed by atoms with Gasteiger partial charge in [-0.1, -0.05) is 0 Å². The van der Waals surface area contributed by atoms with Crippen molar-refractivity contribution in [2.24, 2.45) is 5.73 Å². The van der Waals surface area contributed by atoms with Crippen LogP contribution in [0.1, 0.15) is 5.56 Å². The number of anilines is 1. The van der Waals surface area contributed by atoms with Crippen molar-refractivity contribution < 1.29 is 4.39 Å². The van der Waals surface area contributed by atoms with Gasteiger partial charge < -0.3 is 16.0 Å². The third-order valence-electron chi connectivity index (χ3n) is 2.36. The normalized spacial score (nSPS) is 10.8. The average Bonchev–Trinajstić information content (AvgIpc) is 2.21. The highest BCUT2D eigenvalue weighted by Gasteiger charge is 2.03. The van der Waals surface area contributed by atoms with Gasteiger partial charge in [-0.2, -0.15) is 0 Å². The molecule has 3 N–H and O–H groups in total. The van der Waals surface area contributed by atoms with E-state index in [9.17, 15) is 4.39 Å². The van der Waals surface area contributed by atoms with Crippen molar-refractivity contribution >= 4 is 5.69 Å². The summed E-state index contributed by atoms with van der Waals surface area (Å²) < 4.78 is 13.0. The van der Waals surface area contributed by atoms with Crippen LogP contribution in [0.25, 0.3) is 0 Å². The van der Waals surface area contributed by atoms with Crippen LogP contribution in [-0.4, -0.2) is 38.6 Å². The molecule has 0 spiro atoms. The Morgan fingerprint density at radius 3 is 2.75 bits per heavy atom. The predicted octanol–water partition coefficient (Wildman–Crippen LogP) is 1.30. The summed E-state index contributed by atoms with van der Waals surface area (Å²) in [5.74, 6) is -0.207. The van der Waals surface area contributed by atoms with E-state index in [0.717, 1.165) is 24.3 Å². The first-order valence-corrected chi connectivity index (χ1v) is 5.50. The van der Waals surface area contributed by atoms with Gasteiger partial charge in [-0.25, -0.2) is 4.39 Å². The van der Waals surface area contributed by atoms with Crippen LogP contribution >= 0.6 is 0 Å². The van der Waals surface area contributed by atoms with Crippen LogP contribution in [0.4, 0.5) is 10.1 Å². The summed E-state index contributed by atoms with van der Waals surface area (Å²) in [6.45, 7) is 2.32. The number of hydrogen-bond acceptors (Lipinski definition) is 3. The summed E-state index contributed by atoms with van der Waals surface area (Å²) in [5.41, 5.74) is 7.42. The Morgan fingerprint density at radius 1 is 1.38 bits per heavy atom. The first kappa shape index (κ1) is 12.9. The minimum atomic E-state index is -0.207. The standard InChI is InChI=1S/C12H20FN3/c1-16(2)8-7-15-12-4-3-11(13)9-10(12)5-6-14/h3-4,9,15H,5-8,14H2,1-2H3. The molecule has 4 heteroatoms. The van der Waals surface area contributed by atoms with E-state index in [2.05, 4.69) is 10.2 Å². The zero-order valence-electron chi connectivity index (χ0n) is 9.96. The van der Waals surface area contributed by atoms with E-state index >= 15 is 0 Å². The first-order valence-electron chi connectivity index (χ1n) is 5.50. The Kier molecular flexibility index (Phi) is 5.22. The lowest BCUT2D eigenvalue weighted by atomic mass is 10.1. The Hall–Kier alpha value is -1.13. The number of nitrogens with one attached hydrogen (secondary N) is 1. The summed E-state index contributed by atoms with van der Waals surface area (Å²) in [7, 11) is 4.04. The molecule has 0 heterocycles. The van der Waals surface area contributed by atoms with Crippen LogP contribution in [0.5, 0.6) is 0 Å². The predicted molar refractivity (Wildman–Crippen MR) is 66.2 cm³/mol. The minimum Gasteiger partial charge on any atom is -0.384 e. The molecule has 0 aliphatic rings. The van der Waals surface area contributed by atoms with Crippen molar-refractivity contribution in [2.75, 3.05) is 39.0 Å². The van der Waals surface area contributed by atoms with Crippen molar-refractivity contribution in [3.8, 4) is 0 Å². The van der Waals surface area contributed by atoms with Crippen LogP contribution in [0, 0.1) is 5.82 Å². The summed E-state index contributed by atoms with van der Waals surface area (Å²) in [6.07, 6.45) is 0.696. The Bertz CT molecular complexity index is 326. The van der Waals surface area contributed by atoms with Crippen LogP contribution in [0.15, 0.2) is 18.2 Å². The first-order chi connectivity index (χ1) is 7.63. The maximum Gasteiger partial charge on any atom is 0.123 e. The van der Waals surface area contributed by atoms with Gasteiger partial charge in [0.1, 0.15) is 5.82 Å². The van der Waals surface area contributed by atoms with Gasteiger partial charge in [0.25, 0.3) is 0 Å². The lowest BCUT2D eigenvalue weighted by Crippen LogP contribution is -2.21. The second-order valence-corrected chi connectivity index (χ2v) is 4.07. The van der Waals surface area contributed by atoms with Gasteiger partial charge in [0.15, 0.2) is 0 Å². The van der Waals surface area contributed by atoms with E-state index in [1.807, 2.05) is 14.1 Å². The van der Waals surface area contributed by atoms with Crippen molar-refractivity contribution in [1.29, 1.82) is 0 Å². The summed E-state index contributed by atoms with van der Waals surface area (Å²) >= 11 is 0. The Balaban J connectivity index is 2.63. The number of nitrogens with two attached hydrogens (primary N) is 1. The molecular formula is C12H20FN3. The van der Waals surface area contributed by atoms with Crippen LogP contribution < -0.4 is 11.1 Å². The molecule has 0 amide bonds. The van der Waals surface area contributed by atoms with E-state index in [1.54, 1.807) is 12.1 Å². The summed E-state index contributed by atoms with van der Waals surface area (Å²) in [6, 6.07) is 4.79. The fourth-order valence-corrected chi connectivity index (χ4v) is 1.51. The molecule has 0 saturated heterocycles. The SMILES string of the molecule is CN(C)CCNc1ccc(F)cc1CCN. The molecule has 0 saturated carbocycles. The molecule has 0 fully saturated rings. The Labute approximate surface area is 96.4 Å². The lowest BCUT2D eigenvalue weighted by Gasteiger charge is -2.14. The molecule has 0 atom stereocenters. The molecule has 90 valence electrons. The quantitative estimate of drug-likeness (QED) is 0.767. The molecule has 0 unspecified atom stereocenters. The fourth-order valence-electron chi connectivity index (χ4n) is 1.51. The highest BCUT2D eigenvalue weighted by molar-refractivity contribution is 5.51. The number of nitrogens with zero attached hydrogens (tertiary/aromatic N) is 1. The van der Waals surface area contributed by atoms with Gasteiger partial charge in [0.05, 0.1) is 0 Å². The molecular weight excluding hydrogens is 205 g/mol. The molecule has 0 aliphatic heterocycles. The number of halogens is 1. The molecule has 0 radical (unpaired) electrons. The smallest absolute Gasteiger partial charge is 0.123 e. The lowest BCUT2D eigenvalue weighted by molar-refractivity contribution is 0.425. The average molecular weight is 225 g/mol. The molecule has 1 aromatic carbocycles. The van der Waals surface area contributed by atoms with E-state index in [4.69, 9.17) is 5.73 Å². The summed E-state index contributed by atoms with van der Waals surface area (Å²) in [5, 5.41) is 3.29.